The summed E-state index contributed by atoms with van der Waals surface area (Å²) in [6, 6.07) is 6.87. The number of rotatable bonds is 8. The molecule has 0 aliphatic heterocycles. The lowest BCUT2D eigenvalue weighted by atomic mass is 10.1. The third kappa shape index (κ3) is 5.07. The summed E-state index contributed by atoms with van der Waals surface area (Å²) in [6.07, 6.45) is 1.82. The van der Waals surface area contributed by atoms with E-state index in [2.05, 4.69) is 12.2 Å². The number of carbonyl (C=O) groups is 2. The number of aromatic nitrogens is 2. The van der Waals surface area contributed by atoms with Crippen molar-refractivity contribution in [3.05, 3.63) is 50.6 Å². The Hall–Kier alpha value is -2.45. The SMILES string of the molecule is CCCCn1c(SC(C)C(=O)Nc2cccc(C(C)=O)c2)nc2sc(C)c(C)c2c1=O. The molecule has 0 radical (unpaired) electrons. The van der Waals surface area contributed by atoms with Gasteiger partial charge in [-0.3, -0.25) is 19.0 Å². The van der Waals surface area contributed by atoms with Crippen molar-refractivity contribution in [2.75, 3.05) is 5.32 Å². The van der Waals surface area contributed by atoms with Gasteiger partial charge in [0.2, 0.25) is 5.91 Å². The number of nitrogens with one attached hydrogen (secondary N) is 1. The van der Waals surface area contributed by atoms with Crippen LogP contribution in [-0.4, -0.2) is 26.5 Å². The molecule has 0 aliphatic rings. The van der Waals surface area contributed by atoms with Gasteiger partial charge in [-0.25, -0.2) is 4.98 Å². The first-order valence-corrected chi connectivity index (χ1v) is 12.0. The number of hydrogen-bond acceptors (Lipinski definition) is 6. The van der Waals surface area contributed by atoms with Crippen LogP contribution >= 0.6 is 23.1 Å². The van der Waals surface area contributed by atoms with E-state index in [0.717, 1.165) is 28.1 Å². The number of carbonyl (C=O) groups excluding carboxylic acids is 2. The minimum Gasteiger partial charge on any atom is -0.325 e. The number of aryl methyl sites for hydroxylation is 2. The van der Waals surface area contributed by atoms with Crippen LogP contribution in [0, 0.1) is 13.8 Å². The van der Waals surface area contributed by atoms with Gasteiger partial charge in [-0.1, -0.05) is 37.2 Å². The van der Waals surface area contributed by atoms with Gasteiger partial charge in [-0.05, 0) is 51.8 Å². The van der Waals surface area contributed by atoms with Gasteiger partial charge in [-0.15, -0.1) is 11.3 Å². The highest BCUT2D eigenvalue weighted by Gasteiger charge is 2.21. The Labute approximate surface area is 190 Å². The Morgan fingerprint density at radius 3 is 2.71 bits per heavy atom. The maximum absolute atomic E-state index is 13.2. The minimum absolute atomic E-state index is 0.0374. The van der Waals surface area contributed by atoms with Crippen molar-refractivity contribution in [3.63, 3.8) is 0 Å². The van der Waals surface area contributed by atoms with Crippen LogP contribution in [0.15, 0.2) is 34.2 Å². The number of fused-ring (bicyclic) bond motifs is 1. The topological polar surface area (TPSA) is 81.1 Å². The van der Waals surface area contributed by atoms with E-state index in [4.69, 9.17) is 4.98 Å². The summed E-state index contributed by atoms with van der Waals surface area (Å²) in [7, 11) is 0. The van der Waals surface area contributed by atoms with E-state index < -0.39 is 5.25 Å². The molecule has 1 amide bonds. The largest absolute Gasteiger partial charge is 0.325 e. The molecule has 0 aliphatic carbocycles. The number of ketones is 1. The zero-order chi connectivity index (χ0) is 22.7. The number of nitrogens with zero attached hydrogens (tertiary/aromatic N) is 2. The van der Waals surface area contributed by atoms with E-state index in [0.29, 0.717) is 28.3 Å². The molecule has 3 rings (SSSR count). The monoisotopic (exact) mass is 457 g/mol. The molecule has 6 nitrogen and oxygen atoms in total. The number of thioether (sulfide) groups is 1. The predicted octanol–water partition coefficient (Wildman–Crippen LogP) is 5.20. The summed E-state index contributed by atoms with van der Waals surface area (Å²) in [5, 5.41) is 3.63. The van der Waals surface area contributed by atoms with Gasteiger partial charge >= 0.3 is 0 Å². The number of amides is 1. The molecule has 31 heavy (non-hydrogen) atoms. The Morgan fingerprint density at radius 2 is 2.03 bits per heavy atom. The van der Waals surface area contributed by atoms with E-state index in [9.17, 15) is 14.4 Å². The Balaban J connectivity index is 1.89. The molecule has 0 saturated heterocycles. The molecular formula is C23H27N3O3S2. The lowest BCUT2D eigenvalue weighted by molar-refractivity contribution is -0.115. The highest BCUT2D eigenvalue weighted by Crippen LogP contribution is 2.30. The predicted molar refractivity (Wildman–Crippen MR) is 129 cm³/mol. The fraction of sp³-hybridized carbons (Fsp3) is 0.391. The number of unbranched alkanes of at least 4 members (excludes halogenated alkanes) is 1. The van der Waals surface area contributed by atoms with Gasteiger partial charge in [0.25, 0.3) is 5.56 Å². The van der Waals surface area contributed by atoms with Crippen LogP contribution in [0.1, 0.15) is 54.4 Å². The second-order valence-corrected chi connectivity index (χ2v) is 10.1. The summed E-state index contributed by atoms with van der Waals surface area (Å²) >= 11 is 2.79. The van der Waals surface area contributed by atoms with Crippen LogP contribution in [0.3, 0.4) is 0 Å². The third-order valence-electron chi connectivity index (χ3n) is 5.18. The minimum atomic E-state index is -0.472. The number of hydrogen-bond donors (Lipinski definition) is 1. The number of Topliss-reactive ketones (excluding diaryl/α,β-unsaturated/α-hetero) is 1. The van der Waals surface area contributed by atoms with Crippen LogP contribution in [0.4, 0.5) is 5.69 Å². The molecule has 1 unspecified atom stereocenters. The standard InChI is InChI=1S/C23H27N3O3S2/c1-6-7-11-26-22(29)19-13(2)15(4)30-21(19)25-23(26)31-16(5)20(28)24-18-10-8-9-17(12-18)14(3)27/h8-10,12,16H,6-7,11H2,1-5H3,(H,24,28). The molecular weight excluding hydrogens is 430 g/mol. The fourth-order valence-electron chi connectivity index (χ4n) is 3.18. The van der Waals surface area contributed by atoms with E-state index in [1.165, 1.54) is 30.0 Å². The second-order valence-electron chi connectivity index (χ2n) is 7.55. The fourth-order valence-corrected chi connectivity index (χ4v) is 5.19. The van der Waals surface area contributed by atoms with Crippen molar-refractivity contribution in [1.82, 2.24) is 9.55 Å². The van der Waals surface area contributed by atoms with Crippen LogP contribution in [0.5, 0.6) is 0 Å². The first-order valence-electron chi connectivity index (χ1n) is 10.3. The van der Waals surface area contributed by atoms with Crippen LogP contribution < -0.4 is 10.9 Å². The van der Waals surface area contributed by atoms with Crippen molar-refractivity contribution in [3.8, 4) is 0 Å². The molecule has 8 heteroatoms. The quantitative estimate of drug-likeness (QED) is 0.286. The Bertz CT molecular complexity index is 1200. The molecule has 0 bridgehead atoms. The number of thiophene rings is 1. The number of benzene rings is 1. The van der Waals surface area contributed by atoms with Gasteiger partial charge in [0, 0.05) is 22.7 Å². The normalized spacial score (nSPS) is 12.2. The van der Waals surface area contributed by atoms with E-state index >= 15 is 0 Å². The molecule has 1 atom stereocenters. The second kappa shape index (κ2) is 9.78. The van der Waals surface area contributed by atoms with Crippen LogP contribution in [-0.2, 0) is 11.3 Å². The molecule has 0 fully saturated rings. The summed E-state index contributed by atoms with van der Waals surface area (Å²) in [5.41, 5.74) is 2.06. The van der Waals surface area contributed by atoms with Gasteiger partial charge in [0.05, 0.1) is 10.6 Å². The van der Waals surface area contributed by atoms with Crippen molar-refractivity contribution in [2.24, 2.45) is 0 Å². The average Bonchev–Trinajstić information content (AvgIpc) is 3.01. The van der Waals surface area contributed by atoms with Gasteiger partial charge in [0.1, 0.15) is 4.83 Å². The lowest BCUT2D eigenvalue weighted by Gasteiger charge is -2.16. The van der Waals surface area contributed by atoms with Crippen molar-refractivity contribution in [2.45, 2.75) is 64.4 Å². The zero-order valence-electron chi connectivity index (χ0n) is 18.4. The summed E-state index contributed by atoms with van der Waals surface area (Å²) in [6.45, 7) is 9.89. The molecule has 2 aromatic heterocycles. The van der Waals surface area contributed by atoms with E-state index in [-0.39, 0.29) is 17.2 Å². The molecule has 164 valence electrons. The average molecular weight is 458 g/mol. The third-order valence-corrected chi connectivity index (χ3v) is 7.37. The van der Waals surface area contributed by atoms with Crippen LogP contribution in [0.25, 0.3) is 10.2 Å². The van der Waals surface area contributed by atoms with Crippen molar-refractivity contribution in [1.29, 1.82) is 0 Å². The molecule has 0 saturated carbocycles. The first kappa shape index (κ1) is 23.2. The molecule has 2 heterocycles. The summed E-state index contributed by atoms with van der Waals surface area (Å²) < 4.78 is 1.70. The number of anilines is 1. The maximum Gasteiger partial charge on any atom is 0.263 e. The van der Waals surface area contributed by atoms with E-state index in [1.54, 1.807) is 35.8 Å². The molecule has 1 aromatic carbocycles. The molecule has 0 spiro atoms. The highest BCUT2D eigenvalue weighted by molar-refractivity contribution is 8.00. The Kier molecular flexibility index (Phi) is 7.33. The summed E-state index contributed by atoms with van der Waals surface area (Å²) in [4.78, 5) is 44.2. The smallest absolute Gasteiger partial charge is 0.263 e. The molecule has 3 aromatic rings. The van der Waals surface area contributed by atoms with Crippen molar-refractivity contribution >= 4 is 50.7 Å². The Morgan fingerprint density at radius 1 is 1.29 bits per heavy atom. The lowest BCUT2D eigenvalue weighted by Crippen LogP contribution is -2.27. The molecule has 1 N–H and O–H groups in total. The van der Waals surface area contributed by atoms with Crippen LogP contribution in [0.2, 0.25) is 0 Å². The van der Waals surface area contributed by atoms with E-state index in [1.807, 2.05) is 13.8 Å². The highest BCUT2D eigenvalue weighted by atomic mass is 32.2. The maximum atomic E-state index is 13.2. The van der Waals surface area contributed by atoms with Gasteiger partial charge < -0.3 is 5.32 Å². The van der Waals surface area contributed by atoms with Gasteiger partial charge in [0.15, 0.2) is 10.9 Å². The zero-order valence-corrected chi connectivity index (χ0v) is 20.1. The van der Waals surface area contributed by atoms with Crippen molar-refractivity contribution < 1.29 is 9.59 Å². The first-order chi connectivity index (χ1) is 14.7. The van der Waals surface area contributed by atoms with Gasteiger partial charge in [-0.2, -0.15) is 0 Å². The summed E-state index contributed by atoms with van der Waals surface area (Å²) in [5.74, 6) is -0.266.